The van der Waals surface area contributed by atoms with Gasteiger partial charge in [0.15, 0.2) is 0 Å². The van der Waals surface area contributed by atoms with E-state index in [0.29, 0.717) is 23.7 Å². The van der Waals surface area contributed by atoms with Gasteiger partial charge in [-0.3, -0.25) is 14.2 Å². The molecule has 0 radical (unpaired) electrons. The Labute approximate surface area is 151 Å². The zero-order valence-electron chi connectivity index (χ0n) is 14.9. The maximum atomic E-state index is 12.5. The maximum absolute atomic E-state index is 12.5. The number of hydrogen-bond acceptors (Lipinski definition) is 5. The lowest BCUT2D eigenvalue weighted by Crippen LogP contribution is -2.32. The molecule has 0 unspecified atom stereocenters. The number of nitrogens with one attached hydrogen (secondary N) is 1. The van der Waals surface area contributed by atoms with Crippen molar-refractivity contribution in [2.24, 2.45) is 0 Å². The molecule has 1 N–H and O–H groups in total. The normalized spacial score (nSPS) is 12.5. The van der Waals surface area contributed by atoms with Crippen molar-refractivity contribution in [1.29, 1.82) is 0 Å². The maximum Gasteiger partial charge on any atom is 0.338 e. The lowest BCUT2D eigenvalue weighted by Gasteiger charge is -2.12. The summed E-state index contributed by atoms with van der Waals surface area (Å²) in [6.07, 6.45) is 2.48. The molecule has 0 bridgehead atoms. The van der Waals surface area contributed by atoms with Gasteiger partial charge in [0, 0.05) is 11.3 Å². The third-order valence-electron chi connectivity index (χ3n) is 4.36. The molecule has 26 heavy (non-hydrogen) atoms. The van der Waals surface area contributed by atoms with E-state index in [0.717, 1.165) is 30.5 Å². The van der Waals surface area contributed by atoms with Gasteiger partial charge in [-0.05, 0) is 57.4 Å². The van der Waals surface area contributed by atoms with Gasteiger partial charge in [-0.2, -0.15) is 0 Å². The minimum Gasteiger partial charge on any atom is -0.462 e. The van der Waals surface area contributed by atoms with Crippen LogP contribution in [0, 0.1) is 6.92 Å². The smallest absolute Gasteiger partial charge is 0.338 e. The van der Waals surface area contributed by atoms with Gasteiger partial charge < -0.3 is 10.1 Å². The van der Waals surface area contributed by atoms with Gasteiger partial charge in [0.05, 0.1) is 17.9 Å². The third kappa shape index (κ3) is 3.66. The number of aromatic nitrogens is 2. The molecule has 1 aromatic carbocycles. The summed E-state index contributed by atoms with van der Waals surface area (Å²) in [6, 6.07) is 6.42. The average molecular weight is 355 g/mol. The minimum absolute atomic E-state index is 0.0927. The van der Waals surface area contributed by atoms with Crippen LogP contribution in [0.25, 0.3) is 0 Å². The monoisotopic (exact) mass is 355 g/mol. The van der Waals surface area contributed by atoms with Crippen molar-refractivity contribution in [1.82, 2.24) is 9.55 Å². The van der Waals surface area contributed by atoms with Crippen LogP contribution < -0.4 is 10.9 Å². The fourth-order valence-corrected chi connectivity index (χ4v) is 3.08. The lowest BCUT2D eigenvalue weighted by atomic mass is 10.2. The molecule has 0 saturated carbocycles. The van der Waals surface area contributed by atoms with E-state index >= 15 is 0 Å². The molecule has 1 aliphatic rings. The average Bonchev–Trinajstić information content (AvgIpc) is 3.08. The van der Waals surface area contributed by atoms with Crippen LogP contribution in [0.2, 0.25) is 0 Å². The summed E-state index contributed by atoms with van der Waals surface area (Å²) in [5.74, 6) is -0.181. The van der Waals surface area contributed by atoms with Gasteiger partial charge in [0.25, 0.3) is 5.56 Å². The highest BCUT2D eigenvalue weighted by molar-refractivity contribution is 5.93. The molecule has 7 heteroatoms. The summed E-state index contributed by atoms with van der Waals surface area (Å²) in [6.45, 7) is 3.69. The van der Waals surface area contributed by atoms with Crippen molar-refractivity contribution in [2.75, 3.05) is 11.9 Å². The van der Waals surface area contributed by atoms with E-state index in [-0.39, 0.29) is 18.0 Å². The Balaban J connectivity index is 1.70. The van der Waals surface area contributed by atoms with Crippen molar-refractivity contribution in [3.8, 4) is 0 Å². The van der Waals surface area contributed by atoms with E-state index in [4.69, 9.17) is 4.74 Å². The van der Waals surface area contributed by atoms with Crippen LogP contribution in [-0.2, 0) is 28.9 Å². The number of hydrogen-bond donors (Lipinski definition) is 1. The van der Waals surface area contributed by atoms with Crippen LogP contribution in [0.15, 0.2) is 29.1 Å². The molecule has 0 aliphatic heterocycles. The number of rotatable bonds is 5. The van der Waals surface area contributed by atoms with Gasteiger partial charge in [0.2, 0.25) is 5.91 Å². The van der Waals surface area contributed by atoms with Gasteiger partial charge in [-0.15, -0.1) is 0 Å². The summed E-state index contributed by atoms with van der Waals surface area (Å²) < 4.78 is 6.33. The van der Waals surface area contributed by atoms with Crippen molar-refractivity contribution < 1.29 is 14.3 Å². The van der Waals surface area contributed by atoms with Crippen molar-refractivity contribution in [3.63, 3.8) is 0 Å². The van der Waals surface area contributed by atoms with Crippen LogP contribution in [0.4, 0.5) is 5.69 Å². The lowest BCUT2D eigenvalue weighted by molar-refractivity contribution is -0.116. The third-order valence-corrected chi connectivity index (χ3v) is 4.36. The number of fused-ring (bicyclic) bond motifs is 1. The van der Waals surface area contributed by atoms with Crippen LogP contribution in [-0.4, -0.2) is 28.0 Å². The zero-order valence-corrected chi connectivity index (χ0v) is 14.9. The number of anilines is 1. The number of aryl methyl sites for hydroxylation is 2. The molecule has 1 amide bonds. The topological polar surface area (TPSA) is 90.3 Å². The van der Waals surface area contributed by atoms with E-state index < -0.39 is 5.97 Å². The second-order valence-corrected chi connectivity index (χ2v) is 6.18. The molecule has 136 valence electrons. The predicted octanol–water partition coefficient (Wildman–Crippen LogP) is 1.86. The Hall–Kier alpha value is -2.96. The summed E-state index contributed by atoms with van der Waals surface area (Å²) in [5.41, 5.74) is 2.42. The summed E-state index contributed by atoms with van der Waals surface area (Å²) in [5, 5.41) is 2.73. The first-order valence-electron chi connectivity index (χ1n) is 8.65. The van der Waals surface area contributed by atoms with Crippen LogP contribution >= 0.6 is 0 Å². The molecule has 3 rings (SSSR count). The summed E-state index contributed by atoms with van der Waals surface area (Å²) in [4.78, 5) is 40.9. The highest BCUT2D eigenvalue weighted by Crippen LogP contribution is 2.16. The van der Waals surface area contributed by atoms with E-state index in [9.17, 15) is 14.4 Å². The van der Waals surface area contributed by atoms with E-state index in [1.54, 1.807) is 38.1 Å². The summed E-state index contributed by atoms with van der Waals surface area (Å²) in [7, 11) is 0. The molecular formula is C19H21N3O4. The number of benzene rings is 1. The largest absolute Gasteiger partial charge is 0.462 e. The number of nitrogens with zero attached hydrogens (tertiary/aromatic N) is 2. The molecule has 0 spiro atoms. The predicted molar refractivity (Wildman–Crippen MR) is 96.3 cm³/mol. The van der Waals surface area contributed by atoms with Gasteiger partial charge in [0.1, 0.15) is 12.4 Å². The van der Waals surface area contributed by atoms with E-state index in [2.05, 4.69) is 10.3 Å². The molecule has 7 nitrogen and oxygen atoms in total. The van der Waals surface area contributed by atoms with Crippen LogP contribution in [0.1, 0.15) is 40.8 Å². The Bertz CT molecular complexity index is 900. The fourth-order valence-electron chi connectivity index (χ4n) is 3.08. The van der Waals surface area contributed by atoms with Gasteiger partial charge in [-0.1, -0.05) is 0 Å². The standard InChI is InChI=1S/C19H21N3O4/c1-3-26-19(25)13-7-9-14(10-8-13)21-17(23)11-22-12(2)20-16-6-4-5-15(16)18(22)24/h7-10H,3-6,11H2,1-2H3,(H,21,23). The fraction of sp³-hybridized carbons (Fsp3) is 0.368. The number of esters is 1. The highest BCUT2D eigenvalue weighted by Gasteiger charge is 2.20. The minimum atomic E-state index is -0.406. The van der Waals surface area contributed by atoms with Crippen molar-refractivity contribution in [3.05, 3.63) is 57.3 Å². The quantitative estimate of drug-likeness (QED) is 0.827. The first kappa shape index (κ1) is 17.8. The first-order valence-corrected chi connectivity index (χ1v) is 8.65. The molecule has 1 aliphatic carbocycles. The van der Waals surface area contributed by atoms with Crippen molar-refractivity contribution in [2.45, 2.75) is 39.7 Å². The molecule has 2 aromatic rings. The second kappa shape index (κ2) is 7.51. The Kier molecular flexibility index (Phi) is 5.16. The second-order valence-electron chi connectivity index (χ2n) is 6.18. The number of ether oxygens (including phenoxy) is 1. The molecule has 0 fully saturated rings. The van der Waals surface area contributed by atoms with Crippen molar-refractivity contribution >= 4 is 17.6 Å². The Morgan fingerprint density at radius 3 is 2.65 bits per heavy atom. The number of carbonyl (C=O) groups is 2. The number of carbonyl (C=O) groups excluding carboxylic acids is 2. The highest BCUT2D eigenvalue weighted by atomic mass is 16.5. The van der Waals surface area contributed by atoms with E-state index in [1.807, 2.05) is 0 Å². The molecule has 1 aromatic heterocycles. The number of amides is 1. The summed E-state index contributed by atoms with van der Waals surface area (Å²) >= 11 is 0. The zero-order chi connectivity index (χ0) is 18.7. The van der Waals surface area contributed by atoms with Crippen LogP contribution in [0.5, 0.6) is 0 Å². The Morgan fingerprint density at radius 1 is 1.23 bits per heavy atom. The molecule has 0 atom stereocenters. The molecule has 0 saturated heterocycles. The van der Waals surface area contributed by atoms with Gasteiger partial charge in [-0.25, -0.2) is 9.78 Å². The molecular weight excluding hydrogens is 334 g/mol. The first-order chi connectivity index (χ1) is 12.5. The van der Waals surface area contributed by atoms with Crippen LogP contribution in [0.3, 0.4) is 0 Å². The molecule has 1 heterocycles. The Morgan fingerprint density at radius 2 is 1.96 bits per heavy atom. The van der Waals surface area contributed by atoms with E-state index in [1.165, 1.54) is 4.57 Å². The SMILES string of the molecule is CCOC(=O)c1ccc(NC(=O)Cn2c(C)nc3c(c2=O)CCC3)cc1. The van der Waals surface area contributed by atoms with Gasteiger partial charge >= 0.3 is 5.97 Å².